The van der Waals surface area contributed by atoms with Gasteiger partial charge >= 0.3 is 5.97 Å². The standard InChI is InChI=1S/C9H14N2O2S/c1-5-6(2)14-8(11-5)4-7(10)9(12)13-3/h7H,4,10H2,1-3H3. The molecule has 1 aromatic rings. The van der Waals surface area contributed by atoms with Crippen molar-refractivity contribution in [3.63, 3.8) is 0 Å². The minimum Gasteiger partial charge on any atom is -0.468 e. The van der Waals surface area contributed by atoms with Crippen LogP contribution in [0, 0.1) is 13.8 Å². The Balaban J connectivity index is 2.64. The summed E-state index contributed by atoms with van der Waals surface area (Å²) in [6.07, 6.45) is 0.450. The normalized spacial score (nSPS) is 12.6. The second-order valence-corrected chi connectivity index (χ2v) is 4.37. The van der Waals surface area contributed by atoms with E-state index in [-0.39, 0.29) is 0 Å². The summed E-state index contributed by atoms with van der Waals surface area (Å²) in [5.74, 6) is -0.393. The van der Waals surface area contributed by atoms with Crippen molar-refractivity contribution in [2.75, 3.05) is 7.11 Å². The average molecular weight is 214 g/mol. The molecule has 2 N–H and O–H groups in total. The van der Waals surface area contributed by atoms with Crippen LogP contribution in [0.15, 0.2) is 0 Å². The number of nitrogens with zero attached hydrogens (tertiary/aromatic N) is 1. The highest BCUT2D eigenvalue weighted by Gasteiger charge is 2.16. The Morgan fingerprint density at radius 2 is 2.29 bits per heavy atom. The summed E-state index contributed by atoms with van der Waals surface area (Å²) < 4.78 is 4.53. The van der Waals surface area contributed by atoms with Gasteiger partial charge in [0.15, 0.2) is 0 Å². The molecule has 78 valence electrons. The van der Waals surface area contributed by atoms with Crippen molar-refractivity contribution in [3.8, 4) is 0 Å². The van der Waals surface area contributed by atoms with Crippen LogP contribution >= 0.6 is 11.3 Å². The van der Waals surface area contributed by atoms with E-state index in [9.17, 15) is 4.79 Å². The molecule has 1 unspecified atom stereocenters. The van der Waals surface area contributed by atoms with E-state index in [1.165, 1.54) is 7.11 Å². The van der Waals surface area contributed by atoms with Crippen molar-refractivity contribution in [2.45, 2.75) is 26.3 Å². The Morgan fingerprint density at radius 3 is 2.71 bits per heavy atom. The number of hydrogen-bond donors (Lipinski definition) is 1. The molecule has 1 atom stereocenters. The molecule has 14 heavy (non-hydrogen) atoms. The van der Waals surface area contributed by atoms with Crippen LogP contribution < -0.4 is 5.73 Å². The van der Waals surface area contributed by atoms with Crippen LogP contribution in [0.2, 0.25) is 0 Å². The van der Waals surface area contributed by atoms with Gasteiger partial charge in [0.1, 0.15) is 6.04 Å². The Morgan fingerprint density at radius 1 is 1.64 bits per heavy atom. The topological polar surface area (TPSA) is 65.2 Å². The second kappa shape index (κ2) is 4.52. The van der Waals surface area contributed by atoms with Gasteiger partial charge in [0.25, 0.3) is 0 Å². The maximum Gasteiger partial charge on any atom is 0.323 e. The number of thiazole rings is 1. The molecular weight excluding hydrogens is 200 g/mol. The number of rotatable bonds is 3. The average Bonchev–Trinajstić information content (AvgIpc) is 2.44. The maximum absolute atomic E-state index is 11.0. The molecule has 0 aliphatic rings. The third kappa shape index (κ3) is 2.52. The zero-order valence-corrected chi connectivity index (χ0v) is 9.35. The van der Waals surface area contributed by atoms with Gasteiger partial charge in [-0.05, 0) is 13.8 Å². The molecule has 1 rings (SSSR count). The molecule has 0 fully saturated rings. The fourth-order valence-corrected chi connectivity index (χ4v) is 2.04. The van der Waals surface area contributed by atoms with Crippen molar-refractivity contribution < 1.29 is 9.53 Å². The molecule has 0 radical (unpaired) electrons. The summed E-state index contributed by atoms with van der Waals surface area (Å²) in [4.78, 5) is 16.5. The van der Waals surface area contributed by atoms with Crippen LogP contribution in [0.25, 0.3) is 0 Å². The van der Waals surface area contributed by atoms with E-state index >= 15 is 0 Å². The lowest BCUT2D eigenvalue weighted by molar-refractivity contribution is -0.142. The Bertz CT molecular complexity index is 316. The molecule has 0 spiro atoms. The predicted molar refractivity (Wildman–Crippen MR) is 55.3 cm³/mol. The number of carbonyl (C=O) groups is 1. The van der Waals surface area contributed by atoms with Gasteiger partial charge in [0.2, 0.25) is 0 Å². The first-order chi connectivity index (χ1) is 6.54. The summed E-state index contributed by atoms with van der Waals surface area (Å²) in [5.41, 5.74) is 6.61. The third-order valence-corrected chi connectivity index (χ3v) is 3.07. The first-order valence-electron chi connectivity index (χ1n) is 4.31. The van der Waals surface area contributed by atoms with E-state index in [1.54, 1.807) is 11.3 Å². The van der Waals surface area contributed by atoms with Crippen LogP contribution in [0.3, 0.4) is 0 Å². The van der Waals surface area contributed by atoms with Gasteiger partial charge < -0.3 is 10.5 Å². The number of carbonyl (C=O) groups excluding carboxylic acids is 1. The quantitative estimate of drug-likeness (QED) is 0.756. The van der Waals surface area contributed by atoms with Gasteiger partial charge in [-0.1, -0.05) is 0 Å². The van der Waals surface area contributed by atoms with E-state index in [1.807, 2.05) is 13.8 Å². The number of esters is 1. The zero-order chi connectivity index (χ0) is 10.7. The highest BCUT2D eigenvalue weighted by atomic mass is 32.1. The molecule has 0 saturated carbocycles. The number of nitrogens with two attached hydrogens (primary N) is 1. The molecule has 0 aliphatic carbocycles. The first-order valence-corrected chi connectivity index (χ1v) is 5.12. The third-order valence-electron chi connectivity index (χ3n) is 1.97. The zero-order valence-electron chi connectivity index (χ0n) is 8.53. The molecule has 5 heteroatoms. The van der Waals surface area contributed by atoms with Gasteiger partial charge in [-0.3, -0.25) is 4.79 Å². The Hall–Kier alpha value is -0.940. The molecule has 0 aliphatic heterocycles. The summed E-state index contributed by atoms with van der Waals surface area (Å²) in [7, 11) is 1.33. The van der Waals surface area contributed by atoms with Crippen molar-refractivity contribution in [1.82, 2.24) is 4.98 Å². The van der Waals surface area contributed by atoms with Crippen LogP contribution in [0.5, 0.6) is 0 Å². The smallest absolute Gasteiger partial charge is 0.323 e. The van der Waals surface area contributed by atoms with E-state index in [0.29, 0.717) is 6.42 Å². The SMILES string of the molecule is COC(=O)C(N)Cc1nc(C)c(C)s1. The molecule has 1 heterocycles. The largest absolute Gasteiger partial charge is 0.468 e. The number of methoxy groups -OCH3 is 1. The Kier molecular flexibility index (Phi) is 3.60. The molecule has 0 aromatic carbocycles. The summed E-state index contributed by atoms with van der Waals surface area (Å²) in [5, 5.41) is 0.887. The van der Waals surface area contributed by atoms with Gasteiger partial charge in [-0.15, -0.1) is 11.3 Å². The lowest BCUT2D eigenvalue weighted by Crippen LogP contribution is -2.33. The lowest BCUT2D eigenvalue weighted by atomic mass is 10.2. The van der Waals surface area contributed by atoms with Crippen LogP contribution in [0.4, 0.5) is 0 Å². The van der Waals surface area contributed by atoms with Crippen LogP contribution in [0.1, 0.15) is 15.6 Å². The molecule has 0 amide bonds. The maximum atomic E-state index is 11.0. The predicted octanol–water partition coefficient (Wildman–Crippen LogP) is 0.803. The fraction of sp³-hybridized carbons (Fsp3) is 0.556. The van der Waals surface area contributed by atoms with Crippen LogP contribution in [-0.2, 0) is 16.0 Å². The highest BCUT2D eigenvalue weighted by molar-refractivity contribution is 7.11. The summed E-state index contributed by atoms with van der Waals surface area (Å²) in [6, 6.07) is -0.607. The minimum absolute atomic E-state index is 0.393. The van der Waals surface area contributed by atoms with E-state index in [4.69, 9.17) is 5.73 Å². The summed E-state index contributed by atoms with van der Waals surface area (Å²) >= 11 is 1.57. The van der Waals surface area contributed by atoms with Crippen molar-refractivity contribution in [2.24, 2.45) is 5.73 Å². The summed E-state index contributed by atoms with van der Waals surface area (Å²) in [6.45, 7) is 3.94. The van der Waals surface area contributed by atoms with Crippen LogP contribution in [-0.4, -0.2) is 24.1 Å². The van der Waals surface area contributed by atoms with E-state index < -0.39 is 12.0 Å². The molecule has 0 saturated heterocycles. The van der Waals surface area contributed by atoms with Gasteiger partial charge in [-0.25, -0.2) is 4.98 Å². The number of aromatic nitrogens is 1. The van der Waals surface area contributed by atoms with E-state index in [0.717, 1.165) is 15.6 Å². The van der Waals surface area contributed by atoms with Gasteiger partial charge in [0, 0.05) is 11.3 Å². The Labute approximate surface area is 87.1 Å². The fourth-order valence-electron chi connectivity index (χ4n) is 1.05. The monoisotopic (exact) mass is 214 g/mol. The number of aryl methyl sites for hydroxylation is 2. The van der Waals surface area contributed by atoms with Crippen molar-refractivity contribution in [1.29, 1.82) is 0 Å². The van der Waals surface area contributed by atoms with E-state index in [2.05, 4.69) is 9.72 Å². The molecule has 0 bridgehead atoms. The van der Waals surface area contributed by atoms with Gasteiger partial charge in [-0.2, -0.15) is 0 Å². The number of ether oxygens (including phenoxy) is 1. The molecule has 4 nitrogen and oxygen atoms in total. The highest BCUT2D eigenvalue weighted by Crippen LogP contribution is 2.17. The molecular formula is C9H14N2O2S. The van der Waals surface area contributed by atoms with Crippen molar-refractivity contribution >= 4 is 17.3 Å². The van der Waals surface area contributed by atoms with Crippen molar-refractivity contribution in [3.05, 3.63) is 15.6 Å². The minimum atomic E-state index is -0.607. The second-order valence-electron chi connectivity index (χ2n) is 3.08. The lowest BCUT2D eigenvalue weighted by Gasteiger charge is -2.05. The van der Waals surface area contributed by atoms with Gasteiger partial charge in [0.05, 0.1) is 17.8 Å². The molecule has 1 aromatic heterocycles. The number of hydrogen-bond acceptors (Lipinski definition) is 5. The first kappa shape index (κ1) is 11.1.